The van der Waals surface area contributed by atoms with Crippen LogP contribution < -0.4 is 15.2 Å². The molecule has 2 aromatic carbocycles. The van der Waals surface area contributed by atoms with Gasteiger partial charge in [0.25, 0.3) is 0 Å². The van der Waals surface area contributed by atoms with Crippen LogP contribution in [-0.2, 0) is 28.5 Å². The Hall–Kier alpha value is -3.54. The highest BCUT2D eigenvalue weighted by Crippen LogP contribution is 2.36. The molecule has 1 amide bonds. The maximum atomic E-state index is 12.3. The molecule has 2 saturated heterocycles. The first-order valence-corrected chi connectivity index (χ1v) is 17.5. The number of nitrogens with two attached hydrogens (primary N) is 1. The predicted octanol–water partition coefficient (Wildman–Crippen LogP) is 5.24. The first kappa shape index (κ1) is 36.7. The highest BCUT2D eigenvalue weighted by molar-refractivity contribution is 5.92. The first-order valence-electron chi connectivity index (χ1n) is 17.5. The zero-order valence-electron chi connectivity index (χ0n) is 28.0. The highest BCUT2D eigenvalue weighted by Gasteiger charge is 2.45. The normalized spacial score (nSPS) is 25.9. The minimum absolute atomic E-state index is 0.157. The van der Waals surface area contributed by atoms with Crippen LogP contribution in [0.2, 0.25) is 0 Å². The van der Waals surface area contributed by atoms with Crippen molar-refractivity contribution in [2.45, 2.75) is 101 Å². The van der Waals surface area contributed by atoms with Crippen LogP contribution in [0, 0.1) is 5.92 Å². The van der Waals surface area contributed by atoms with Gasteiger partial charge in [-0.25, -0.2) is 0 Å². The SMILES string of the molecule is NC(=O)c1ccc(OC(=O)CCC=C=CCC2C(O)CC(OC3CCCCO3)C2OCC(COc2ccccc2)OC2CCCCO2)cc1. The van der Waals surface area contributed by atoms with E-state index in [1.54, 1.807) is 6.08 Å². The molecule has 2 aliphatic heterocycles. The number of carbonyl (C=O) groups is 2. The number of esters is 1. The molecule has 0 bridgehead atoms. The molecular formula is C38H49NO10. The fourth-order valence-electron chi connectivity index (χ4n) is 6.22. The van der Waals surface area contributed by atoms with E-state index >= 15 is 0 Å². The largest absolute Gasteiger partial charge is 0.491 e. The van der Waals surface area contributed by atoms with E-state index in [1.807, 2.05) is 36.4 Å². The average Bonchev–Trinajstić information content (AvgIpc) is 3.41. The number of hydrogen-bond acceptors (Lipinski definition) is 10. The number of allylic oxidation sites excluding steroid dienone is 1. The predicted molar refractivity (Wildman–Crippen MR) is 180 cm³/mol. The quantitative estimate of drug-likeness (QED) is 0.129. The van der Waals surface area contributed by atoms with Gasteiger partial charge in [-0.1, -0.05) is 18.2 Å². The number of aliphatic hydroxyl groups is 1. The number of amides is 1. The van der Waals surface area contributed by atoms with Crippen LogP contribution in [0.15, 0.2) is 72.5 Å². The number of para-hydroxylation sites is 1. The molecule has 7 atom stereocenters. The van der Waals surface area contributed by atoms with Crippen molar-refractivity contribution in [3.63, 3.8) is 0 Å². The lowest BCUT2D eigenvalue weighted by atomic mass is 9.99. The number of rotatable bonds is 17. The number of aliphatic hydroxyl groups excluding tert-OH is 1. The molecule has 0 radical (unpaired) electrons. The van der Waals surface area contributed by atoms with E-state index in [-0.39, 0.29) is 44.2 Å². The van der Waals surface area contributed by atoms with Gasteiger partial charge >= 0.3 is 5.97 Å². The van der Waals surface area contributed by atoms with Crippen molar-refractivity contribution in [2.24, 2.45) is 11.7 Å². The summed E-state index contributed by atoms with van der Waals surface area (Å²) in [6.07, 6.45) is 8.43. The second-order valence-electron chi connectivity index (χ2n) is 12.6. The molecular weight excluding hydrogens is 630 g/mol. The van der Waals surface area contributed by atoms with E-state index in [0.717, 1.165) is 44.3 Å². The summed E-state index contributed by atoms with van der Waals surface area (Å²) in [5.74, 6) is -0.104. The topological polar surface area (TPSA) is 145 Å². The number of ether oxygens (including phenoxy) is 7. The third kappa shape index (κ3) is 12.1. The molecule has 2 aromatic rings. The average molecular weight is 680 g/mol. The van der Waals surface area contributed by atoms with E-state index in [4.69, 9.17) is 38.9 Å². The number of benzene rings is 2. The van der Waals surface area contributed by atoms with Crippen molar-refractivity contribution < 1.29 is 47.9 Å². The summed E-state index contributed by atoms with van der Waals surface area (Å²) in [6.45, 7) is 1.84. The Labute approximate surface area is 288 Å². The van der Waals surface area contributed by atoms with E-state index in [9.17, 15) is 14.7 Å². The van der Waals surface area contributed by atoms with Crippen molar-refractivity contribution in [1.29, 1.82) is 0 Å². The van der Waals surface area contributed by atoms with Gasteiger partial charge in [0.2, 0.25) is 5.91 Å². The molecule has 2 heterocycles. The second-order valence-corrected chi connectivity index (χ2v) is 12.6. The number of carbonyl (C=O) groups excluding carboxylic acids is 2. The number of hydrogen-bond donors (Lipinski definition) is 2. The molecule has 3 aliphatic rings. The molecule has 1 aliphatic carbocycles. The molecule has 5 rings (SSSR count). The van der Waals surface area contributed by atoms with Crippen LogP contribution in [0.5, 0.6) is 11.5 Å². The minimum Gasteiger partial charge on any atom is -0.491 e. The van der Waals surface area contributed by atoms with E-state index in [0.29, 0.717) is 43.8 Å². The Morgan fingerprint density at radius 2 is 1.65 bits per heavy atom. The monoisotopic (exact) mass is 679 g/mol. The van der Waals surface area contributed by atoms with Crippen LogP contribution in [0.3, 0.4) is 0 Å². The summed E-state index contributed by atoms with van der Waals surface area (Å²) in [6, 6.07) is 15.7. The summed E-state index contributed by atoms with van der Waals surface area (Å²) in [4.78, 5) is 23.5. The smallest absolute Gasteiger partial charge is 0.311 e. The minimum atomic E-state index is -0.644. The maximum Gasteiger partial charge on any atom is 0.311 e. The van der Waals surface area contributed by atoms with Crippen LogP contribution in [0.4, 0.5) is 0 Å². The lowest BCUT2D eigenvalue weighted by Crippen LogP contribution is -2.40. The highest BCUT2D eigenvalue weighted by atomic mass is 16.7. The fraction of sp³-hybridized carbons (Fsp3) is 0.553. The molecule has 266 valence electrons. The van der Waals surface area contributed by atoms with Gasteiger partial charge in [0.1, 0.15) is 24.2 Å². The van der Waals surface area contributed by atoms with Crippen LogP contribution in [-0.4, -0.2) is 80.4 Å². The first-order chi connectivity index (χ1) is 23.9. The van der Waals surface area contributed by atoms with Gasteiger partial charge < -0.3 is 44.0 Å². The van der Waals surface area contributed by atoms with Gasteiger partial charge in [-0.3, -0.25) is 9.59 Å². The Balaban J connectivity index is 1.17. The second kappa shape index (κ2) is 19.6. The molecule has 3 N–H and O–H groups in total. The maximum absolute atomic E-state index is 12.3. The van der Waals surface area contributed by atoms with Crippen molar-refractivity contribution >= 4 is 11.9 Å². The van der Waals surface area contributed by atoms with Gasteiger partial charge in [-0.05, 0) is 99.9 Å². The standard InChI is InChI=1S/C38H49NO10/c39-38(42)27-18-20-29(21-19-27)47-34(41)15-7-2-1-6-14-31-32(40)24-33(49-36-17-9-11-23-44-36)37(31)46-26-30(48-35-16-8-10-22-43-35)25-45-28-12-4-3-5-13-28/h2-6,12-13,18-21,30-33,35-37,40H,7-11,14-17,22-26H2,(H2,39,42). The van der Waals surface area contributed by atoms with Crippen molar-refractivity contribution in [2.75, 3.05) is 26.4 Å². The van der Waals surface area contributed by atoms with E-state index in [1.165, 1.54) is 24.3 Å². The van der Waals surface area contributed by atoms with Crippen LogP contribution in [0.1, 0.15) is 74.6 Å². The number of primary amides is 1. The Morgan fingerprint density at radius 3 is 2.35 bits per heavy atom. The van der Waals surface area contributed by atoms with Crippen molar-refractivity contribution in [3.8, 4) is 11.5 Å². The Morgan fingerprint density at radius 1 is 0.918 bits per heavy atom. The zero-order chi connectivity index (χ0) is 34.3. The van der Waals surface area contributed by atoms with Crippen molar-refractivity contribution in [3.05, 3.63) is 78.0 Å². The summed E-state index contributed by atoms with van der Waals surface area (Å²) < 4.78 is 42.4. The lowest BCUT2D eigenvalue weighted by Gasteiger charge is -2.32. The van der Waals surface area contributed by atoms with E-state index in [2.05, 4.69) is 5.73 Å². The molecule has 0 spiro atoms. The van der Waals surface area contributed by atoms with Crippen molar-refractivity contribution in [1.82, 2.24) is 0 Å². The molecule has 0 aromatic heterocycles. The Bertz CT molecular complexity index is 1350. The molecule has 11 heteroatoms. The molecule has 11 nitrogen and oxygen atoms in total. The Kier molecular flexibility index (Phi) is 14.7. The van der Waals surface area contributed by atoms with Crippen LogP contribution in [0.25, 0.3) is 0 Å². The summed E-state index contributed by atoms with van der Waals surface area (Å²) in [7, 11) is 0. The zero-order valence-corrected chi connectivity index (χ0v) is 28.0. The third-order valence-electron chi connectivity index (χ3n) is 8.85. The summed E-state index contributed by atoms with van der Waals surface area (Å²) >= 11 is 0. The van der Waals surface area contributed by atoms with E-state index < -0.39 is 30.2 Å². The van der Waals surface area contributed by atoms with Gasteiger partial charge in [-0.2, -0.15) is 0 Å². The van der Waals surface area contributed by atoms with Gasteiger partial charge in [0.05, 0.1) is 24.9 Å². The molecule has 49 heavy (non-hydrogen) atoms. The van der Waals surface area contributed by atoms with Gasteiger partial charge in [0, 0.05) is 37.5 Å². The van der Waals surface area contributed by atoms with Gasteiger partial charge in [-0.15, -0.1) is 5.73 Å². The molecule has 7 unspecified atom stereocenters. The summed E-state index contributed by atoms with van der Waals surface area (Å²) in [5, 5.41) is 11.2. The van der Waals surface area contributed by atoms with Gasteiger partial charge in [0.15, 0.2) is 12.6 Å². The molecule has 3 fully saturated rings. The molecule has 1 saturated carbocycles. The summed E-state index contributed by atoms with van der Waals surface area (Å²) in [5.41, 5.74) is 8.74. The fourth-order valence-corrected chi connectivity index (χ4v) is 6.22. The third-order valence-corrected chi connectivity index (χ3v) is 8.85. The lowest BCUT2D eigenvalue weighted by molar-refractivity contribution is -0.226. The van der Waals surface area contributed by atoms with Crippen LogP contribution >= 0.6 is 0 Å².